The van der Waals surface area contributed by atoms with E-state index >= 15 is 0 Å². The zero-order valence-electron chi connectivity index (χ0n) is 7.81. The summed E-state index contributed by atoms with van der Waals surface area (Å²) in [6.07, 6.45) is 6.06. The maximum absolute atomic E-state index is 10.6. The molecule has 0 saturated heterocycles. The van der Waals surface area contributed by atoms with Gasteiger partial charge in [0.15, 0.2) is 0 Å². The third kappa shape index (κ3) is 5.84. The SMILES string of the molecule is CC/C=C(\CC)CCC(C)=O. The summed E-state index contributed by atoms with van der Waals surface area (Å²) in [4.78, 5) is 10.6. The van der Waals surface area contributed by atoms with E-state index in [9.17, 15) is 4.79 Å². The number of Topliss-reactive ketones (excluding diaryl/α,β-unsaturated/α-hetero) is 1. The number of ketones is 1. The van der Waals surface area contributed by atoms with Crippen molar-refractivity contribution in [3.8, 4) is 0 Å². The maximum atomic E-state index is 10.6. The van der Waals surface area contributed by atoms with Crippen LogP contribution in [0.5, 0.6) is 0 Å². The fourth-order valence-electron chi connectivity index (χ4n) is 1.05. The molecule has 0 aliphatic rings. The minimum atomic E-state index is 0.292. The van der Waals surface area contributed by atoms with Crippen LogP contribution >= 0.6 is 0 Å². The van der Waals surface area contributed by atoms with Crippen LogP contribution in [0.25, 0.3) is 0 Å². The Morgan fingerprint density at radius 2 is 1.91 bits per heavy atom. The molecule has 0 N–H and O–H groups in total. The molecule has 0 rings (SSSR count). The van der Waals surface area contributed by atoms with Crippen molar-refractivity contribution in [1.29, 1.82) is 0 Å². The molecule has 0 amide bonds. The summed E-state index contributed by atoms with van der Waals surface area (Å²) in [6, 6.07) is 0. The van der Waals surface area contributed by atoms with Crippen LogP contribution in [0.3, 0.4) is 0 Å². The fraction of sp³-hybridized carbons (Fsp3) is 0.700. The summed E-state index contributed by atoms with van der Waals surface area (Å²) in [5, 5.41) is 0. The summed E-state index contributed by atoms with van der Waals surface area (Å²) >= 11 is 0. The average molecular weight is 154 g/mol. The van der Waals surface area contributed by atoms with Crippen LogP contribution in [0, 0.1) is 0 Å². The number of hydrogen-bond acceptors (Lipinski definition) is 1. The van der Waals surface area contributed by atoms with Crippen molar-refractivity contribution >= 4 is 5.78 Å². The van der Waals surface area contributed by atoms with Gasteiger partial charge in [0.2, 0.25) is 0 Å². The summed E-state index contributed by atoms with van der Waals surface area (Å²) in [6.45, 7) is 5.92. The van der Waals surface area contributed by atoms with Gasteiger partial charge in [-0.05, 0) is 26.2 Å². The fourth-order valence-corrected chi connectivity index (χ4v) is 1.05. The van der Waals surface area contributed by atoms with Gasteiger partial charge in [-0.15, -0.1) is 0 Å². The Bertz CT molecular complexity index is 145. The molecule has 0 spiro atoms. The van der Waals surface area contributed by atoms with Crippen LogP contribution in [0.4, 0.5) is 0 Å². The molecule has 0 bridgehead atoms. The summed E-state index contributed by atoms with van der Waals surface area (Å²) in [5.41, 5.74) is 1.42. The predicted molar refractivity (Wildman–Crippen MR) is 48.6 cm³/mol. The molecule has 0 aliphatic heterocycles. The average Bonchev–Trinajstić information content (AvgIpc) is 1.97. The Kier molecular flexibility index (Phi) is 5.81. The molecule has 0 aromatic rings. The Hall–Kier alpha value is -0.590. The molecule has 0 heterocycles. The summed E-state index contributed by atoms with van der Waals surface area (Å²) in [7, 11) is 0. The smallest absolute Gasteiger partial charge is 0.130 e. The zero-order valence-corrected chi connectivity index (χ0v) is 7.81. The van der Waals surface area contributed by atoms with E-state index < -0.39 is 0 Å². The molecular formula is C10H18O. The lowest BCUT2D eigenvalue weighted by atomic mass is 10.1. The van der Waals surface area contributed by atoms with Crippen molar-refractivity contribution in [3.05, 3.63) is 11.6 Å². The van der Waals surface area contributed by atoms with Gasteiger partial charge >= 0.3 is 0 Å². The summed E-state index contributed by atoms with van der Waals surface area (Å²) < 4.78 is 0. The third-order valence-corrected chi connectivity index (χ3v) is 1.75. The predicted octanol–water partition coefficient (Wildman–Crippen LogP) is 3.10. The van der Waals surface area contributed by atoms with Crippen LogP contribution < -0.4 is 0 Å². The second-order valence-electron chi connectivity index (χ2n) is 2.83. The molecule has 1 heteroatoms. The van der Waals surface area contributed by atoms with Crippen molar-refractivity contribution in [3.63, 3.8) is 0 Å². The summed E-state index contributed by atoms with van der Waals surface area (Å²) in [5.74, 6) is 0.292. The van der Waals surface area contributed by atoms with Gasteiger partial charge in [-0.3, -0.25) is 0 Å². The van der Waals surface area contributed by atoms with Crippen molar-refractivity contribution < 1.29 is 4.79 Å². The van der Waals surface area contributed by atoms with Crippen LogP contribution in [0.1, 0.15) is 46.5 Å². The van der Waals surface area contributed by atoms with Gasteiger partial charge in [0, 0.05) is 6.42 Å². The van der Waals surface area contributed by atoms with E-state index in [4.69, 9.17) is 0 Å². The number of carbonyl (C=O) groups is 1. The molecule has 0 atom stereocenters. The molecule has 0 saturated carbocycles. The number of hydrogen-bond donors (Lipinski definition) is 0. The quantitative estimate of drug-likeness (QED) is 0.556. The lowest BCUT2D eigenvalue weighted by Gasteiger charge is -2.00. The van der Waals surface area contributed by atoms with Gasteiger partial charge in [-0.25, -0.2) is 0 Å². The number of carbonyl (C=O) groups excluding carboxylic acids is 1. The molecular weight excluding hydrogens is 136 g/mol. The second kappa shape index (κ2) is 6.14. The van der Waals surface area contributed by atoms with E-state index in [1.807, 2.05) is 0 Å². The van der Waals surface area contributed by atoms with Gasteiger partial charge < -0.3 is 4.79 Å². The largest absolute Gasteiger partial charge is 0.300 e. The molecule has 11 heavy (non-hydrogen) atoms. The maximum Gasteiger partial charge on any atom is 0.130 e. The first-order valence-corrected chi connectivity index (χ1v) is 4.38. The van der Waals surface area contributed by atoms with Gasteiger partial charge in [0.05, 0.1) is 0 Å². The first-order valence-electron chi connectivity index (χ1n) is 4.38. The van der Waals surface area contributed by atoms with Gasteiger partial charge in [0.1, 0.15) is 5.78 Å². The minimum Gasteiger partial charge on any atom is -0.300 e. The molecule has 0 radical (unpaired) electrons. The standard InChI is InChI=1S/C10H18O/c1-4-6-10(5-2)8-7-9(3)11/h6H,4-5,7-8H2,1-3H3/b10-6+. The lowest BCUT2D eigenvalue weighted by Crippen LogP contribution is -1.91. The second-order valence-corrected chi connectivity index (χ2v) is 2.83. The highest BCUT2D eigenvalue weighted by molar-refractivity contribution is 5.75. The van der Waals surface area contributed by atoms with Gasteiger partial charge in [-0.2, -0.15) is 0 Å². The Labute approximate surface area is 69.5 Å². The molecule has 0 unspecified atom stereocenters. The molecule has 64 valence electrons. The molecule has 0 fully saturated rings. The third-order valence-electron chi connectivity index (χ3n) is 1.75. The first-order chi connectivity index (χ1) is 5.20. The Balaban J connectivity index is 3.69. The molecule has 0 aromatic heterocycles. The Morgan fingerprint density at radius 3 is 2.27 bits per heavy atom. The first kappa shape index (κ1) is 10.4. The van der Waals surface area contributed by atoms with E-state index in [1.165, 1.54) is 5.57 Å². The topological polar surface area (TPSA) is 17.1 Å². The van der Waals surface area contributed by atoms with Crippen molar-refractivity contribution in [1.82, 2.24) is 0 Å². The highest BCUT2D eigenvalue weighted by atomic mass is 16.1. The molecule has 1 nitrogen and oxygen atoms in total. The molecule has 0 aliphatic carbocycles. The van der Waals surface area contributed by atoms with Gasteiger partial charge in [-0.1, -0.05) is 25.5 Å². The van der Waals surface area contributed by atoms with Crippen LogP contribution in [0.15, 0.2) is 11.6 Å². The van der Waals surface area contributed by atoms with E-state index in [0.29, 0.717) is 12.2 Å². The monoisotopic (exact) mass is 154 g/mol. The highest BCUT2D eigenvalue weighted by Crippen LogP contribution is 2.10. The highest BCUT2D eigenvalue weighted by Gasteiger charge is 1.96. The van der Waals surface area contributed by atoms with Crippen molar-refractivity contribution in [2.45, 2.75) is 46.5 Å². The van der Waals surface area contributed by atoms with E-state index in [1.54, 1.807) is 6.92 Å². The van der Waals surface area contributed by atoms with Crippen molar-refractivity contribution in [2.75, 3.05) is 0 Å². The minimum absolute atomic E-state index is 0.292. The van der Waals surface area contributed by atoms with Crippen LogP contribution in [-0.2, 0) is 4.79 Å². The van der Waals surface area contributed by atoms with E-state index in [0.717, 1.165) is 19.3 Å². The number of allylic oxidation sites excluding steroid dienone is 2. The van der Waals surface area contributed by atoms with Crippen LogP contribution in [0.2, 0.25) is 0 Å². The Morgan fingerprint density at radius 1 is 1.27 bits per heavy atom. The van der Waals surface area contributed by atoms with E-state index in [-0.39, 0.29) is 0 Å². The van der Waals surface area contributed by atoms with Crippen LogP contribution in [-0.4, -0.2) is 5.78 Å². The van der Waals surface area contributed by atoms with Gasteiger partial charge in [0.25, 0.3) is 0 Å². The number of rotatable bonds is 5. The lowest BCUT2D eigenvalue weighted by molar-refractivity contribution is -0.116. The normalized spacial score (nSPS) is 11.7. The van der Waals surface area contributed by atoms with E-state index in [2.05, 4.69) is 19.9 Å². The zero-order chi connectivity index (χ0) is 8.69. The van der Waals surface area contributed by atoms with Crippen molar-refractivity contribution in [2.24, 2.45) is 0 Å². The molecule has 0 aromatic carbocycles.